The van der Waals surface area contributed by atoms with Crippen molar-refractivity contribution in [2.45, 2.75) is 26.3 Å². The van der Waals surface area contributed by atoms with Gasteiger partial charge in [-0.3, -0.25) is 9.59 Å². The first-order chi connectivity index (χ1) is 8.64. The molecule has 0 aromatic heterocycles. The number of carboxylic acids is 1. The Balaban J connectivity index is 3.20. The van der Waals surface area contributed by atoms with E-state index in [1.807, 2.05) is 0 Å². The van der Waals surface area contributed by atoms with Crippen LogP contribution >= 0.6 is 0 Å². The third-order valence-electron chi connectivity index (χ3n) is 2.59. The lowest BCUT2D eigenvalue weighted by Gasteiger charge is -2.34. The summed E-state index contributed by atoms with van der Waals surface area (Å²) in [4.78, 5) is 24.2. The quantitative estimate of drug-likeness (QED) is 0.719. The molecule has 0 saturated heterocycles. The van der Waals surface area contributed by atoms with Gasteiger partial charge in [-0.25, -0.2) is 0 Å². The molecule has 1 aromatic carbocycles. The van der Waals surface area contributed by atoms with E-state index < -0.39 is 35.5 Å². The van der Waals surface area contributed by atoms with E-state index in [4.69, 9.17) is 5.11 Å². The molecule has 6 heteroatoms. The minimum atomic E-state index is -1.15. The number of hydrogen-bond acceptors (Lipinski definition) is 4. The minimum Gasteiger partial charge on any atom is -0.504 e. The van der Waals surface area contributed by atoms with Gasteiger partial charge in [-0.15, -0.1) is 0 Å². The topological polar surface area (TPSA) is 98.1 Å². The summed E-state index contributed by atoms with van der Waals surface area (Å²) >= 11 is 0. The zero-order valence-corrected chi connectivity index (χ0v) is 11.0. The average molecular weight is 267 g/mol. The average Bonchev–Trinajstić information content (AvgIpc) is 2.27. The maximum absolute atomic E-state index is 12.3. The molecule has 1 aromatic rings. The van der Waals surface area contributed by atoms with Crippen molar-refractivity contribution >= 4 is 11.9 Å². The van der Waals surface area contributed by atoms with Gasteiger partial charge in [0.25, 0.3) is 5.91 Å². The van der Waals surface area contributed by atoms with E-state index in [1.54, 1.807) is 20.8 Å². The summed E-state index contributed by atoms with van der Waals surface area (Å²) in [6.45, 7) is 4.58. The van der Waals surface area contributed by atoms with Crippen LogP contribution in [0.5, 0.6) is 11.5 Å². The van der Waals surface area contributed by atoms with E-state index in [0.717, 1.165) is 4.90 Å². The van der Waals surface area contributed by atoms with Crippen molar-refractivity contribution in [1.82, 2.24) is 4.90 Å². The van der Waals surface area contributed by atoms with Gasteiger partial charge in [0, 0.05) is 5.54 Å². The van der Waals surface area contributed by atoms with Crippen molar-refractivity contribution in [3.63, 3.8) is 0 Å². The summed E-state index contributed by atoms with van der Waals surface area (Å²) in [7, 11) is 0. The normalized spacial score (nSPS) is 11.1. The fourth-order valence-corrected chi connectivity index (χ4v) is 1.60. The highest BCUT2D eigenvalue weighted by Gasteiger charge is 2.31. The van der Waals surface area contributed by atoms with Gasteiger partial charge in [-0.1, -0.05) is 6.07 Å². The maximum Gasteiger partial charge on any atom is 0.323 e. The molecule has 0 fully saturated rings. The Hall–Kier alpha value is -2.24. The molecular formula is C13H17NO5. The van der Waals surface area contributed by atoms with Crippen LogP contribution in [0.3, 0.4) is 0 Å². The van der Waals surface area contributed by atoms with Crippen molar-refractivity contribution in [3.05, 3.63) is 23.8 Å². The standard InChI is InChI=1S/C13H17NO5/c1-13(2,3)14(7-10(16)17)12(19)8-5-4-6-9(15)11(8)18/h4-6,15,18H,7H2,1-3H3,(H,16,17). The fourth-order valence-electron chi connectivity index (χ4n) is 1.60. The number of phenolic OH excluding ortho intramolecular Hbond substituents is 2. The van der Waals surface area contributed by atoms with Gasteiger partial charge in [-0.05, 0) is 32.9 Å². The predicted octanol–water partition coefficient (Wildman–Crippen LogP) is 1.42. The van der Waals surface area contributed by atoms with Gasteiger partial charge >= 0.3 is 5.97 Å². The molecule has 0 atom stereocenters. The number of aliphatic carboxylic acids is 1. The molecule has 0 bridgehead atoms. The summed E-state index contributed by atoms with van der Waals surface area (Å²) in [6, 6.07) is 3.98. The number of phenols is 2. The molecule has 0 spiro atoms. The second kappa shape index (κ2) is 5.17. The monoisotopic (exact) mass is 267 g/mol. The van der Waals surface area contributed by atoms with Crippen LogP contribution in [-0.2, 0) is 4.79 Å². The molecule has 1 amide bonds. The Morgan fingerprint density at radius 1 is 1.21 bits per heavy atom. The summed E-state index contributed by atoms with van der Waals surface area (Å²) in [6.07, 6.45) is 0. The van der Waals surface area contributed by atoms with Crippen molar-refractivity contribution in [2.75, 3.05) is 6.54 Å². The first-order valence-corrected chi connectivity index (χ1v) is 5.69. The summed E-state index contributed by atoms with van der Waals surface area (Å²) < 4.78 is 0. The Morgan fingerprint density at radius 3 is 2.26 bits per heavy atom. The van der Waals surface area contributed by atoms with Crippen molar-refractivity contribution in [1.29, 1.82) is 0 Å². The van der Waals surface area contributed by atoms with Gasteiger partial charge < -0.3 is 20.2 Å². The Labute approximate surface area is 110 Å². The van der Waals surface area contributed by atoms with E-state index in [0.29, 0.717) is 0 Å². The molecule has 0 heterocycles. The molecule has 0 aliphatic heterocycles. The molecule has 0 aliphatic rings. The van der Waals surface area contributed by atoms with Crippen molar-refractivity contribution in [2.24, 2.45) is 0 Å². The molecule has 19 heavy (non-hydrogen) atoms. The summed E-state index contributed by atoms with van der Waals surface area (Å²) in [5.74, 6) is -2.77. The SMILES string of the molecule is CC(C)(C)N(CC(=O)O)C(=O)c1cccc(O)c1O. The zero-order valence-electron chi connectivity index (χ0n) is 11.0. The summed E-state index contributed by atoms with van der Waals surface area (Å²) in [5.41, 5.74) is -0.857. The smallest absolute Gasteiger partial charge is 0.323 e. The lowest BCUT2D eigenvalue weighted by molar-refractivity contribution is -0.138. The highest BCUT2D eigenvalue weighted by atomic mass is 16.4. The number of amides is 1. The molecule has 0 radical (unpaired) electrons. The van der Waals surface area contributed by atoms with Crippen LogP contribution in [0.25, 0.3) is 0 Å². The number of rotatable bonds is 3. The minimum absolute atomic E-state index is 0.129. The van der Waals surface area contributed by atoms with E-state index in [1.165, 1.54) is 18.2 Å². The number of carbonyl (C=O) groups is 2. The summed E-state index contributed by atoms with van der Waals surface area (Å²) in [5, 5.41) is 27.9. The maximum atomic E-state index is 12.3. The van der Waals surface area contributed by atoms with Crippen LogP contribution in [-0.4, -0.2) is 44.2 Å². The van der Waals surface area contributed by atoms with Gasteiger partial charge in [0.1, 0.15) is 6.54 Å². The number of para-hydroxylation sites is 1. The molecule has 3 N–H and O–H groups in total. The van der Waals surface area contributed by atoms with Crippen molar-refractivity contribution in [3.8, 4) is 11.5 Å². The first kappa shape index (κ1) is 14.8. The second-order valence-electron chi connectivity index (χ2n) is 5.13. The highest BCUT2D eigenvalue weighted by molar-refractivity contribution is 5.99. The molecule has 104 valence electrons. The van der Waals surface area contributed by atoms with Crippen LogP contribution in [0, 0.1) is 0 Å². The Kier molecular flexibility index (Phi) is 4.04. The number of benzene rings is 1. The number of hydrogen-bond donors (Lipinski definition) is 3. The molecular weight excluding hydrogens is 250 g/mol. The van der Waals surface area contributed by atoms with Crippen LogP contribution in [0.1, 0.15) is 31.1 Å². The third kappa shape index (κ3) is 3.37. The fraction of sp³-hybridized carbons (Fsp3) is 0.385. The van der Waals surface area contributed by atoms with Gasteiger partial charge in [0.15, 0.2) is 11.5 Å². The second-order valence-corrected chi connectivity index (χ2v) is 5.13. The predicted molar refractivity (Wildman–Crippen MR) is 68.2 cm³/mol. The molecule has 6 nitrogen and oxygen atoms in total. The first-order valence-electron chi connectivity index (χ1n) is 5.69. The Bertz CT molecular complexity index is 504. The van der Waals surface area contributed by atoms with Gasteiger partial charge in [-0.2, -0.15) is 0 Å². The number of nitrogens with zero attached hydrogens (tertiary/aromatic N) is 1. The highest BCUT2D eigenvalue weighted by Crippen LogP contribution is 2.30. The third-order valence-corrected chi connectivity index (χ3v) is 2.59. The van der Waals surface area contributed by atoms with Crippen molar-refractivity contribution < 1.29 is 24.9 Å². The van der Waals surface area contributed by atoms with Crippen LogP contribution in [0.15, 0.2) is 18.2 Å². The number of aromatic hydroxyl groups is 2. The van der Waals surface area contributed by atoms with E-state index in [9.17, 15) is 19.8 Å². The van der Waals surface area contributed by atoms with Gasteiger partial charge in [0.05, 0.1) is 5.56 Å². The molecule has 0 saturated carbocycles. The van der Waals surface area contributed by atoms with Crippen LogP contribution in [0.2, 0.25) is 0 Å². The molecule has 1 rings (SSSR count). The lowest BCUT2D eigenvalue weighted by atomic mass is 10.0. The van der Waals surface area contributed by atoms with Crippen LogP contribution < -0.4 is 0 Å². The molecule has 0 aliphatic carbocycles. The number of carboxylic acid groups (broad SMARTS) is 1. The molecule has 0 unspecified atom stereocenters. The van der Waals surface area contributed by atoms with E-state index in [-0.39, 0.29) is 5.56 Å². The number of carbonyl (C=O) groups excluding carboxylic acids is 1. The Morgan fingerprint density at radius 2 is 1.79 bits per heavy atom. The largest absolute Gasteiger partial charge is 0.504 e. The van der Waals surface area contributed by atoms with Gasteiger partial charge in [0.2, 0.25) is 0 Å². The van der Waals surface area contributed by atoms with E-state index in [2.05, 4.69) is 0 Å². The van der Waals surface area contributed by atoms with E-state index >= 15 is 0 Å². The lowest BCUT2D eigenvalue weighted by Crippen LogP contribution is -2.48. The van der Waals surface area contributed by atoms with Crippen LogP contribution in [0.4, 0.5) is 0 Å². The zero-order chi connectivity index (χ0) is 14.8.